The molecule has 5 atom stereocenters. The zero-order chi connectivity index (χ0) is 14.5. The third kappa shape index (κ3) is 3.95. The monoisotopic (exact) mass is 282 g/mol. The predicted octanol–water partition coefficient (Wildman–Crippen LogP) is 1.94. The summed E-state index contributed by atoms with van der Waals surface area (Å²) in [5.74, 6) is 2.75. The van der Waals surface area contributed by atoms with E-state index in [2.05, 4.69) is 17.6 Å². The Morgan fingerprint density at radius 2 is 2.10 bits per heavy atom. The van der Waals surface area contributed by atoms with Gasteiger partial charge in [-0.05, 0) is 57.3 Å². The summed E-state index contributed by atoms with van der Waals surface area (Å²) >= 11 is 0. The molecule has 0 aromatic rings. The van der Waals surface area contributed by atoms with Gasteiger partial charge < -0.3 is 15.4 Å². The summed E-state index contributed by atoms with van der Waals surface area (Å²) in [7, 11) is 1.68. The van der Waals surface area contributed by atoms with Crippen LogP contribution in [0.15, 0.2) is 0 Å². The lowest BCUT2D eigenvalue weighted by Gasteiger charge is -2.30. The minimum atomic E-state index is -0.105. The van der Waals surface area contributed by atoms with Crippen molar-refractivity contribution in [1.82, 2.24) is 10.6 Å². The first-order chi connectivity index (χ1) is 9.61. The van der Waals surface area contributed by atoms with Crippen molar-refractivity contribution in [2.24, 2.45) is 17.8 Å². The molecule has 0 radical (unpaired) electrons. The van der Waals surface area contributed by atoms with Crippen molar-refractivity contribution in [2.75, 3.05) is 20.3 Å². The number of carbonyl (C=O) groups excluding carboxylic acids is 1. The van der Waals surface area contributed by atoms with Gasteiger partial charge in [-0.3, -0.25) is 4.79 Å². The summed E-state index contributed by atoms with van der Waals surface area (Å²) in [6, 6.07) is 0.344. The van der Waals surface area contributed by atoms with E-state index in [0.717, 1.165) is 24.2 Å². The van der Waals surface area contributed by atoms with Gasteiger partial charge in [-0.15, -0.1) is 0 Å². The molecule has 20 heavy (non-hydrogen) atoms. The average molecular weight is 282 g/mol. The number of methoxy groups -OCH3 is 1. The number of amides is 1. The van der Waals surface area contributed by atoms with Crippen LogP contribution >= 0.6 is 0 Å². The molecule has 4 heteroatoms. The molecule has 5 unspecified atom stereocenters. The highest BCUT2D eigenvalue weighted by atomic mass is 16.5. The Balaban J connectivity index is 1.68. The third-order valence-corrected chi connectivity index (χ3v) is 5.17. The minimum absolute atomic E-state index is 0.105. The molecule has 0 aromatic heterocycles. The molecular weight excluding hydrogens is 252 g/mol. The Morgan fingerprint density at radius 1 is 1.30 bits per heavy atom. The van der Waals surface area contributed by atoms with E-state index in [4.69, 9.17) is 4.74 Å². The molecule has 2 saturated carbocycles. The van der Waals surface area contributed by atoms with E-state index in [1.807, 2.05) is 6.92 Å². The lowest BCUT2D eigenvalue weighted by Crippen LogP contribution is -2.49. The fourth-order valence-electron chi connectivity index (χ4n) is 4.08. The largest absolute Gasteiger partial charge is 0.385 e. The van der Waals surface area contributed by atoms with Crippen molar-refractivity contribution in [3.05, 3.63) is 0 Å². The molecule has 2 bridgehead atoms. The summed E-state index contributed by atoms with van der Waals surface area (Å²) in [6.07, 6.45) is 6.49. The van der Waals surface area contributed by atoms with Crippen molar-refractivity contribution in [1.29, 1.82) is 0 Å². The molecule has 116 valence electrons. The first-order valence-electron chi connectivity index (χ1n) is 8.14. The van der Waals surface area contributed by atoms with Crippen LogP contribution in [-0.2, 0) is 9.53 Å². The number of carbonyl (C=O) groups is 1. The number of hydrogen-bond donors (Lipinski definition) is 2. The van der Waals surface area contributed by atoms with Gasteiger partial charge in [-0.25, -0.2) is 0 Å². The molecule has 1 amide bonds. The van der Waals surface area contributed by atoms with E-state index in [1.165, 1.54) is 25.7 Å². The van der Waals surface area contributed by atoms with Crippen LogP contribution in [0.3, 0.4) is 0 Å². The second kappa shape index (κ2) is 7.41. The lowest BCUT2D eigenvalue weighted by atomic mass is 9.84. The molecule has 0 heterocycles. The smallest absolute Gasteiger partial charge is 0.236 e. The van der Waals surface area contributed by atoms with Gasteiger partial charge in [-0.1, -0.05) is 6.42 Å². The number of nitrogens with one attached hydrogen (secondary N) is 2. The van der Waals surface area contributed by atoms with Gasteiger partial charge in [-0.2, -0.15) is 0 Å². The van der Waals surface area contributed by atoms with Crippen LogP contribution in [0.2, 0.25) is 0 Å². The molecule has 2 N–H and O–H groups in total. The molecule has 4 nitrogen and oxygen atoms in total. The Kier molecular flexibility index (Phi) is 5.85. The summed E-state index contributed by atoms with van der Waals surface area (Å²) in [4.78, 5) is 12.0. The Hall–Kier alpha value is -0.610. The predicted molar refractivity (Wildman–Crippen MR) is 80.5 cm³/mol. The normalized spacial score (nSPS) is 31.2. The quantitative estimate of drug-likeness (QED) is 0.669. The number of fused-ring (bicyclic) bond motifs is 2. The van der Waals surface area contributed by atoms with Gasteiger partial charge in [0.1, 0.15) is 0 Å². The minimum Gasteiger partial charge on any atom is -0.385 e. The van der Waals surface area contributed by atoms with E-state index in [0.29, 0.717) is 19.2 Å². The van der Waals surface area contributed by atoms with Crippen LogP contribution in [0.25, 0.3) is 0 Å². The maximum atomic E-state index is 12.0. The highest BCUT2D eigenvalue weighted by Crippen LogP contribution is 2.49. The van der Waals surface area contributed by atoms with Crippen LogP contribution in [0.1, 0.15) is 46.0 Å². The third-order valence-electron chi connectivity index (χ3n) is 5.17. The second-order valence-electron chi connectivity index (χ2n) is 6.65. The Bertz CT molecular complexity index is 322. The molecule has 2 aliphatic rings. The van der Waals surface area contributed by atoms with Crippen LogP contribution < -0.4 is 10.6 Å². The first kappa shape index (κ1) is 15.8. The molecule has 2 rings (SSSR count). The van der Waals surface area contributed by atoms with Crippen molar-refractivity contribution in [3.8, 4) is 0 Å². The molecule has 2 aliphatic carbocycles. The summed E-state index contributed by atoms with van der Waals surface area (Å²) in [5, 5.41) is 6.47. The van der Waals surface area contributed by atoms with Crippen LogP contribution in [0.4, 0.5) is 0 Å². The van der Waals surface area contributed by atoms with E-state index >= 15 is 0 Å². The van der Waals surface area contributed by atoms with Gasteiger partial charge in [0.15, 0.2) is 0 Å². The van der Waals surface area contributed by atoms with Crippen molar-refractivity contribution >= 4 is 5.91 Å². The molecular formula is C16H30N2O2. The Morgan fingerprint density at radius 3 is 2.70 bits per heavy atom. The topological polar surface area (TPSA) is 50.4 Å². The molecule has 0 aromatic carbocycles. The molecule has 0 aliphatic heterocycles. The van der Waals surface area contributed by atoms with Crippen molar-refractivity contribution in [2.45, 2.75) is 58.0 Å². The van der Waals surface area contributed by atoms with Crippen LogP contribution in [0.5, 0.6) is 0 Å². The van der Waals surface area contributed by atoms with Gasteiger partial charge in [0.2, 0.25) is 5.91 Å². The maximum absolute atomic E-state index is 12.0. The highest BCUT2D eigenvalue weighted by Gasteiger charge is 2.42. The standard InChI is InChI=1S/C16H30N2O2/c1-11(15-10-13-5-6-14(15)9-13)18-12(2)16(19)17-7-4-8-20-3/h11-15,18H,4-10H2,1-3H3,(H,17,19). The van der Waals surface area contributed by atoms with Gasteiger partial charge in [0.05, 0.1) is 6.04 Å². The van der Waals surface area contributed by atoms with Crippen molar-refractivity contribution in [3.63, 3.8) is 0 Å². The number of hydrogen-bond acceptors (Lipinski definition) is 3. The van der Waals surface area contributed by atoms with Gasteiger partial charge >= 0.3 is 0 Å². The molecule has 0 saturated heterocycles. The number of ether oxygens (including phenoxy) is 1. The second-order valence-corrected chi connectivity index (χ2v) is 6.65. The van der Waals surface area contributed by atoms with E-state index in [9.17, 15) is 4.79 Å². The lowest BCUT2D eigenvalue weighted by molar-refractivity contribution is -0.123. The first-order valence-corrected chi connectivity index (χ1v) is 8.14. The average Bonchev–Trinajstić information content (AvgIpc) is 3.05. The molecule has 2 fully saturated rings. The summed E-state index contributed by atoms with van der Waals surface area (Å²) in [5.41, 5.74) is 0. The number of rotatable bonds is 8. The zero-order valence-electron chi connectivity index (χ0n) is 13.2. The van der Waals surface area contributed by atoms with Gasteiger partial charge in [0.25, 0.3) is 0 Å². The highest BCUT2D eigenvalue weighted by molar-refractivity contribution is 5.81. The van der Waals surface area contributed by atoms with Crippen LogP contribution in [-0.4, -0.2) is 38.3 Å². The Labute approximate surface area is 123 Å². The molecule has 0 spiro atoms. The van der Waals surface area contributed by atoms with Crippen LogP contribution in [0, 0.1) is 17.8 Å². The zero-order valence-corrected chi connectivity index (χ0v) is 13.2. The maximum Gasteiger partial charge on any atom is 0.236 e. The van der Waals surface area contributed by atoms with E-state index < -0.39 is 0 Å². The van der Waals surface area contributed by atoms with E-state index in [1.54, 1.807) is 7.11 Å². The van der Waals surface area contributed by atoms with Gasteiger partial charge in [0, 0.05) is 26.3 Å². The van der Waals surface area contributed by atoms with Crippen molar-refractivity contribution < 1.29 is 9.53 Å². The SMILES string of the molecule is COCCCNC(=O)C(C)NC(C)C1CC2CCC1C2. The summed E-state index contributed by atoms with van der Waals surface area (Å²) in [6.45, 7) is 5.61. The summed E-state index contributed by atoms with van der Waals surface area (Å²) < 4.78 is 4.98. The fourth-order valence-corrected chi connectivity index (χ4v) is 4.08. The van der Waals surface area contributed by atoms with E-state index in [-0.39, 0.29) is 11.9 Å². The fraction of sp³-hybridized carbons (Fsp3) is 0.938.